The highest BCUT2D eigenvalue weighted by Crippen LogP contribution is 2.46. The summed E-state index contributed by atoms with van der Waals surface area (Å²) in [4.78, 5) is 25.4. The Bertz CT molecular complexity index is 636. The van der Waals surface area contributed by atoms with Crippen molar-refractivity contribution >= 4 is 34.3 Å². The van der Waals surface area contributed by atoms with Gasteiger partial charge in [-0.05, 0) is 90.4 Å². The molecule has 1 aromatic rings. The Kier molecular flexibility index (Phi) is 3.62. The van der Waals surface area contributed by atoms with E-state index in [1.54, 1.807) is 0 Å². The molecule has 0 bridgehead atoms. The number of hydrogen-bond donors (Lipinski definition) is 1. The first-order valence-corrected chi connectivity index (χ1v) is 8.61. The Morgan fingerprint density at radius 3 is 2.57 bits per heavy atom. The van der Waals surface area contributed by atoms with E-state index < -0.39 is 11.5 Å². The van der Waals surface area contributed by atoms with E-state index in [0.29, 0.717) is 5.92 Å². The number of carbonyl (C=O) groups is 2. The number of halogens is 1. The Hall–Kier alpha value is -0.910. The van der Waals surface area contributed by atoms with E-state index in [9.17, 15) is 9.59 Å². The summed E-state index contributed by atoms with van der Waals surface area (Å²) < 4.78 is 1.15. The van der Waals surface area contributed by atoms with Gasteiger partial charge in [-0.25, -0.2) is 0 Å². The van der Waals surface area contributed by atoms with Crippen LogP contribution in [0.1, 0.15) is 49.3 Å². The fraction of sp³-hybridized carbons (Fsp3) is 0.529. The molecule has 1 N–H and O–H groups in total. The average Bonchev–Trinajstić information content (AvgIpc) is 3.22. The van der Waals surface area contributed by atoms with Gasteiger partial charge in [-0.2, -0.15) is 0 Å². The average molecular weight is 397 g/mol. The summed E-state index contributed by atoms with van der Waals surface area (Å²) in [5.74, 6) is -0.349. The van der Waals surface area contributed by atoms with Crippen LogP contribution in [-0.4, -0.2) is 17.2 Å². The maximum absolute atomic E-state index is 12.9. The van der Waals surface area contributed by atoms with Gasteiger partial charge in [0.05, 0.1) is 5.54 Å². The first-order valence-electron chi connectivity index (χ1n) is 7.53. The molecule has 1 heterocycles. The van der Waals surface area contributed by atoms with Gasteiger partial charge in [0.25, 0.3) is 0 Å². The van der Waals surface area contributed by atoms with Gasteiger partial charge < -0.3 is 5.32 Å². The summed E-state index contributed by atoms with van der Waals surface area (Å²) in [6, 6.07) is 4.15. The molecule has 1 amide bonds. The van der Waals surface area contributed by atoms with Gasteiger partial charge in [0, 0.05) is 3.57 Å². The van der Waals surface area contributed by atoms with Gasteiger partial charge in [-0.15, -0.1) is 0 Å². The van der Waals surface area contributed by atoms with Crippen molar-refractivity contribution in [2.75, 3.05) is 0 Å². The Morgan fingerprint density at radius 1 is 1.33 bits per heavy atom. The Labute approximate surface area is 139 Å². The number of benzene rings is 1. The van der Waals surface area contributed by atoms with E-state index in [-0.39, 0.29) is 11.7 Å². The van der Waals surface area contributed by atoms with Crippen molar-refractivity contribution in [3.63, 3.8) is 0 Å². The number of hydrogen-bond acceptors (Lipinski definition) is 2. The largest absolute Gasteiger partial charge is 0.343 e. The monoisotopic (exact) mass is 397 g/mol. The minimum Gasteiger partial charge on any atom is -0.343 e. The van der Waals surface area contributed by atoms with Crippen molar-refractivity contribution in [3.05, 3.63) is 32.4 Å². The first kappa shape index (κ1) is 15.0. The zero-order valence-corrected chi connectivity index (χ0v) is 14.8. The molecule has 2 unspecified atom stereocenters. The highest BCUT2D eigenvalue weighted by atomic mass is 127. The SMILES string of the molecule is CCc1cc(I)cc(C)c1C1C(=O)NC(C)(C2CC2)C1=O. The van der Waals surface area contributed by atoms with Crippen molar-refractivity contribution in [2.45, 2.75) is 51.5 Å². The zero-order valence-electron chi connectivity index (χ0n) is 12.6. The minimum absolute atomic E-state index is 0.0639. The van der Waals surface area contributed by atoms with Gasteiger partial charge in [0.15, 0.2) is 5.78 Å². The molecule has 2 aliphatic rings. The van der Waals surface area contributed by atoms with Crippen LogP contribution < -0.4 is 5.32 Å². The van der Waals surface area contributed by atoms with Crippen LogP contribution in [0.4, 0.5) is 0 Å². The van der Waals surface area contributed by atoms with E-state index in [1.165, 1.54) is 0 Å². The van der Waals surface area contributed by atoms with E-state index in [1.807, 2.05) is 13.8 Å². The lowest BCUT2D eigenvalue weighted by atomic mass is 9.81. The van der Waals surface area contributed by atoms with Crippen LogP contribution in [-0.2, 0) is 16.0 Å². The van der Waals surface area contributed by atoms with Crippen molar-refractivity contribution in [1.29, 1.82) is 0 Å². The highest BCUT2D eigenvalue weighted by Gasteiger charge is 2.57. The predicted octanol–water partition coefficient (Wildman–Crippen LogP) is 3.11. The van der Waals surface area contributed by atoms with Crippen LogP contribution in [0.3, 0.4) is 0 Å². The van der Waals surface area contributed by atoms with Crippen molar-refractivity contribution in [1.82, 2.24) is 5.32 Å². The molecular formula is C17H20INO2. The third-order valence-corrected chi connectivity index (χ3v) is 5.54. The second kappa shape index (κ2) is 5.07. The number of Topliss-reactive ketones (excluding diaryl/α,β-unsaturated/α-hetero) is 1. The highest BCUT2D eigenvalue weighted by molar-refractivity contribution is 14.1. The quantitative estimate of drug-likeness (QED) is 0.630. The molecule has 3 rings (SSSR count). The fourth-order valence-electron chi connectivity index (χ4n) is 3.56. The molecule has 0 radical (unpaired) electrons. The summed E-state index contributed by atoms with van der Waals surface area (Å²) in [7, 11) is 0. The molecule has 2 atom stereocenters. The standard InChI is InChI=1S/C17H20INO2/c1-4-10-8-12(18)7-9(2)13(10)14-15(20)17(3,11-5-6-11)19-16(14)21/h7-8,11,14H,4-6H2,1-3H3,(H,19,21). The van der Waals surface area contributed by atoms with E-state index in [0.717, 1.165) is 39.5 Å². The van der Waals surface area contributed by atoms with Gasteiger partial charge in [-0.3, -0.25) is 9.59 Å². The number of rotatable bonds is 3. The zero-order chi connectivity index (χ0) is 15.4. The summed E-state index contributed by atoms with van der Waals surface area (Å²) in [5, 5.41) is 2.99. The number of nitrogens with one attached hydrogen (secondary N) is 1. The summed E-state index contributed by atoms with van der Waals surface area (Å²) >= 11 is 2.29. The summed E-state index contributed by atoms with van der Waals surface area (Å²) in [6.07, 6.45) is 2.92. The Morgan fingerprint density at radius 2 is 2.00 bits per heavy atom. The molecule has 2 fully saturated rings. The lowest BCUT2D eigenvalue weighted by Gasteiger charge is -2.22. The normalized spacial score (nSPS) is 28.9. The molecule has 3 nitrogen and oxygen atoms in total. The summed E-state index contributed by atoms with van der Waals surface area (Å²) in [6.45, 7) is 5.98. The summed E-state index contributed by atoms with van der Waals surface area (Å²) in [5.41, 5.74) is 2.45. The van der Waals surface area contributed by atoms with Gasteiger partial charge in [0.2, 0.25) is 5.91 Å². The van der Waals surface area contributed by atoms with E-state index in [2.05, 4.69) is 47.0 Å². The molecule has 112 valence electrons. The molecule has 1 aliphatic carbocycles. The van der Waals surface area contributed by atoms with Crippen LogP contribution in [0.5, 0.6) is 0 Å². The molecule has 1 saturated carbocycles. The molecule has 0 spiro atoms. The second-order valence-corrected chi connectivity index (χ2v) is 7.66. The van der Waals surface area contributed by atoms with Crippen molar-refractivity contribution in [2.24, 2.45) is 5.92 Å². The lowest BCUT2D eigenvalue weighted by molar-refractivity contribution is -0.125. The third kappa shape index (κ3) is 2.31. The van der Waals surface area contributed by atoms with Crippen LogP contribution in [0.2, 0.25) is 0 Å². The molecule has 1 aliphatic heterocycles. The number of amides is 1. The number of carbonyl (C=O) groups excluding carboxylic acids is 2. The minimum atomic E-state index is -0.651. The van der Waals surface area contributed by atoms with Crippen LogP contribution >= 0.6 is 22.6 Å². The van der Waals surface area contributed by atoms with Crippen LogP contribution in [0.15, 0.2) is 12.1 Å². The molecule has 4 heteroatoms. The second-order valence-electron chi connectivity index (χ2n) is 6.41. The maximum Gasteiger partial charge on any atom is 0.235 e. The number of ketones is 1. The predicted molar refractivity (Wildman–Crippen MR) is 90.3 cm³/mol. The van der Waals surface area contributed by atoms with Crippen LogP contribution in [0.25, 0.3) is 0 Å². The van der Waals surface area contributed by atoms with Crippen LogP contribution in [0, 0.1) is 16.4 Å². The van der Waals surface area contributed by atoms with E-state index in [4.69, 9.17) is 0 Å². The third-order valence-electron chi connectivity index (χ3n) is 4.92. The topological polar surface area (TPSA) is 46.2 Å². The van der Waals surface area contributed by atoms with Gasteiger partial charge in [0.1, 0.15) is 5.92 Å². The molecule has 1 aromatic carbocycles. The maximum atomic E-state index is 12.9. The van der Waals surface area contributed by atoms with E-state index >= 15 is 0 Å². The molecule has 1 saturated heterocycles. The Balaban J connectivity index is 2.08. The number of aryl methyl sites for hydroxylation is 2. The lowest BCUT2D eigenvalue weighted by Crippen LogP contribution is -2.45. The molecular weight excluding hydrogens is 377 g/mol. The molecule has 21 heavy (non-hydrogen) atoms. The van der Waals surface area contributed by atoms with Gasteiger partial charge in [-0.1, -0.05) is 6.92 Å². The smallest absolute Gasteiger partial charge is 0.235 e. The molecule has 0 aromatic heterocycles. The van der Waals surface area contributed by atoms with Crippen molar-refractivity contribution < 1.29 is 9.59 Å². The fourth-order valence-corrected chi connectivity index (χ4v) is 4.41. The first-order chi connectivity index (χ1) is 9.88. The van der Waals surface area contributed by atoms with Crippen molar-refractivity contribution in [3.8, 4) is 0 Å². The van der Waals surface area contributed by atoms with Gasteiger partial charge >= 0.3 is 0 Å².